The second-order valence-electron chi connectivity index (χ2n) is 19.8. The highest BCUT2D eigenvalue weighted by molar-refractivity contribution is 7.53. The lowest BCUT2D eigenvalue weighted by molar-refractivity contribution is -0.0739. The van der Waals surface area contributed by atoms with Crippen LogP contribution in [0.3, 0.4) is 0 Å². The number of ether oxygens (including phenoxy) is 1. The van der Waals surface area contributed by atoms with Crippen molar-refractivity contribution in [3.05, 3.63) is 211 Å². The maximum absolute atomic E-state index is 11.7. The van der Waals surface area contributed by atoms with E-state index in [4.69, 9.17) is 24.3 Å². The Kier molecular flexibility index (Phi) is 17.8. The largest absolute Gasteiger partial charge is 0.484 e. The molecule has 9 nitrogen and oxygen atoms in total. The molecule has 0 aliphatic heterocycles. The third-order valence-corrected chi connectivity index (χ3v) is 14.0. The van der Waals surface area contributed by atoms with E-state index in [0.29, 0.717) is 5.75 Å². The molecule has 0 amide bonds. The number of hydrogen-bond acceptors (Lipinski definition) is 9. The Morgan fingerprint density at radius 1 is 0.375 bits per heavy atom. The first-order chi connectivity index (χ1) is 34.5. The molecule has 11 heteroatoms. The number of benzene rings is 8. The Bertz CT molecular complexity index is 2960. The van der Waals surface area contributed by atoms with Crippen LogP contribution in [-0.4, -0.2) is 54.7 Å². The topological polar surface area (TPSA) is 160 Å². The van der Waals surface area contributed by atoms with Crippen LogP contribution >= 0.6 is 17.2 Å². The van der Waals surface area contributed by atoms with Gasteiger partial charge in [0.2, 0.25) is 0 Å². The number of rotatable bonds is 15. The predicted octanol–water partition coefficient (Wildman–Crippen LogP) is 13.8. The molecule has 8 rings (SSSR count). The van der Waals surface area contributed by atoms with Crippen LogP contribution in [0.2, 0.25) is 0 Å². The summed E-state index contributed by atoms with van der Waals surface area (Å²) in [6.07, 6.45) is -1.08. The van der Waals surface area contributed by atoms with Crippen LogP contribution in [0.25, 0.3) is 66.8 Å². The molecule has 0 aliphatic rings. The van der Waals surface area contributed by atoms with Gasteiger partial charge in [0.1, 0.15) is 11.9 Å². The summed E-state index contributed by atoms with van der Waals surface area (Å²) in [4.78, 5) is 31.3. The van der Waals surface area contributed by atoms with Gasteiger partial charge in [0.15, 0.2) is 0 Å². The van der Waals surface area contributed by atoms with Crippen molar-refractivity contribution in [3.8, 4) is 72.5 Å². The highest BCUT2D eigenvalue weighted by Crippen LogP contribution is 2.55. The van der Waals surface area contributed by atoms with E-state index in [2.05, 4.69) is 179 Å². The van der Waals surface area contributed by atoms with Crippen LogP contribution < -0.4 is 4.74 Å². The molecule has 372 valence electrons. The van der Waals surface area contributed by atoms with Gasteiger partial charge in [-0.25, -0.2) is 4.31 Å². The van der Waals surface area contributed by atoms with Crippen molar-refractivity contribution in [3.63, 3.8) is 0 Å². The maximum atomic E-state index is 11.7. The van der Waals surface area contributed by atoms with Crippen LogP contribution in [0.4, 0.5) is 0 Å². The minimum Gasteiger partial charge on any atom is -0.484 e. The van der Waals surface area contributed by atoms with E-state index in [1.165, 1.54) is 0 Å². The van der Waals surface area contributed by atoms with E-state index in [0.717, 1.165) is 83.5 Å². The Morgan fingerprint density at radius 3 is 0.944 bits per heavy atom. The van der Waals surface area contributed by atoms with Crippen molar-refractivity contribution in [2.75, 3.05) is 19.8 Å². The van der Waals surface area contributed by atoms with E-state index in [1.54, 1.807) is 0 Å². The summed E-state index contributed by atoms with van der Waals surface area (Å²) in [5.41, 5.74) is 12.6. The average molecular weight is 1000 g/mol. The quantitative estimate of drug-likeness (QED) is 0.0496. The fourth-order valence-corrected chi connectivity index (χ4v) is 9.88. The zero-order chi connectivity index (χ0) is 51.6. The Labute approximate surface area is 426 Å². The first-order valence-corrected chi connectivity index (χ1v) is 26.1. The van der Waals surface area contributed by atoms with Gasteiger partial charge >= 0.3 is 17.2 Å². The van der Waals surface area contributed by atoms with Crippen molar-refractivity contribution in [1.29, 1.82) is 0 Å². The zero-order valence-electron chi connectivity index (χ0n) is 41.5. The van der Waals surface area contributed by atoms with Gasteiger partial charge < -0.3 is 39.6 Å². The van der Waals surface area contributed by atoms with Crippen molar-refractivity contribution in [2.45, 2.75) is 58.5 Å². The molecule has 1 unspecified atom stereocenters. The average Bonchev–Trinajstić information content (AvgIpc) is 3.38. The first kappa shape index (κ1) is 53.9. The normalized spacial score (nSPS) is 12.4. The Balaban J connectivity index is 0.00000101. The minimum absolute atomic E-state index is 0.369. The van der Waals surface area contributed by atoms with Crippen LogP contribution in [0, 0.1) is 5.41 Å². The molecule has 8 aromatic carbocycles. The highest BCUT2D eigenvalue weighted by atomic mass is 31.2. The molecule has 0 aromatic heterocycles. The molecule has 8 aromatic rings. The third-order valence-electron chi connectivity index (χ3n) is 12.8. The molecule has 0 fully saturated rings. The van der Waals surface area contributed by atoms with Crippen LogP contribution in [0.1, 0.15) is 64.3 Å². The van der Waals surface area contributed by atoms with Gasteiger partial charge in [-0.15, -0.1) is 0 Å². The molecule has 0 heterocycles. The lowest BCUT2D eigenvalue weighted by Crippen LogP contribution is -2.43. The minimum atomic E-state index is -2.61. The van der Waals surface area contributed by atoms with Crippen molar-refractivity contribution < 1.29 is 43.9 Å². The molecule has 0 aliphatic carbocycles. The van der Waals surface area contributed by atoms with Crippen molar-refractivity contribution in [2.24, 2.45) is 5.41 Å². The van der Waals surface area contributed by atoms with E-state index >= 15 is 0 Å². The van der Waals surface area contributed by atoms with Crippen molar-refractivity contribution in [1.82, 2.24) is 0 Å². The molecule has 0 saturated carbocycles. The smallest absolute Gasteiger partial charge is 0.334 e. The molecular weight excluding hydrogens is 939 g/mol. The van der Waals surface area contributed by atoms with Gasteiger partial charge in [-0.05, 0) is 83.7 Å². The summed E-state index contributed by atoms with van der Waals surface area (Å²) < 4.78 is 11.4. The molecular formula is C61H64O9P2. The lowest BCUT2D eigenvalue weighted by atomic mass is 9.71. The second-order valence-corrected chi connectivity index (χ2v) is 21.5. The first-order valence-electron chi connectivity index (χ1n) is 23.8. The van der Waals surface area contributed by atoms with Crippen LogP contribution in [-0.2, 0) is 15.1 Å². The van der Waals surface area contributed by atoms with Gasteiger partial charge in [0.25, 0.3) is 0 Å². The van der Waals surface area contributed by atoms with Gasteiger partial charge in [0.05, 0.1) is 25.2 Å². The summed E-state index contributed by atoms with van der Waals surface area (Å²) >= 11 is 0. The molecule has 0 bridgehead atoms. The standard InChI is InChI=1S/C61H60O4.H4O5P2/c1-59(2,3)49-37-48(52(42-25-13-7-14-26-42)56(46-33-21-11-22-34-46)53(49)43-27-15-8-16-28-43)58(61(39-62,40-63)41-64)65-51-38-50(60(4,5)6)54(44-29-17-9-18-30-44)57(47-35-23-12-24-36-47)55(51)45-31-19-10-20-32-45;1-6(2)5-7(3)4/h7-38,58,62-64H,39-41H2,1-6H3;1-4H. The highest BCUT2D eigenvalue weighted by Gasteiger charge is 2.45. The molecule has 1 atom stereocenters. The van der Waals surface area contributed by atoms with Gasteiger partial charge in [0, 0.05) is 16.7 Å². The number of aliphatic hydroxyl groups is 3. The number of aliphatic hydroxyl groups excluding tert-OH is 3. The fourth-order valence-electron chi connectivity index (χ4n) is 9.36. The van der Waals surface area contributed by atoms with Crippen LogP contribution in [0.5, 0.6) is 5.75 Å². The predicted molar refractivity (Wildman–Crippen MR) is 294 cm³/mol. The summed E-state index contributed by atoms with van der Waals surface area (Å²) in [6, 6.07) is 67.1. The Morgan fingerprint density at radius 2 is 0.653 bits per heavy atom. The zero-order valence-corrected chi connectivity index (χ0v) is 43.3. The van der Waals surface area contributed by atoms with Gasteiger partial charge in [-0.2, -0.15) is 0 Å². The van der Waals surface area contributed by atoms with Gasteiger partial charge in [-0.3, -0.25) is 0 Å². The fraction of sp³-hybridized carbons (Fsp3) is 0.213. The van der Waals surface area contributed by atoms with E-state index in [1.807, 2.05) is 60.7 Å². The molecule has 0 saturated heterocycles. The third kappa shape index (κ3) is 12.1. The van der Waals surface area contributed by atoms with Crippen molar-refractivity contribution >= 4 is 17.2 Å². The lowest BCUT2D eigenvalue weighted by Gasteiger charge is -2.40. The summed E-state index contributed by atoms with van der Waals surface area (Å²) in [7, 11) is -5.22. The summed E-state index contributed by atoms with van der Waals surface area (Å²) in [5, 5.41) is 35.1. The SMILES string of the molecule is CC(C)(C)c1cc(OC(c2cc(C(C)(C)C)c(-c3ccccc3)c(-c3ccccc3)c2-c2ccccc2)C(CO)(CO)CO)c(-c2ccccc2)c(-c2ccccc2)c1-c1ccccc1.OP(O)OP(O)O. The monoisotopic (exact) mass is 1000 g/mol. The van der Waals surface area contributed by atoms with E-state index in [9.17, 15) is 15.3 Å². The van der Waals surface area contributed by atoms with E-state index < -0.39 is 54.0 Å². The number of hydrogen-bond donors (Lipinski definition) is 7. The second kappa shape index (κ2) is 23.8. The summed E-state index contributed by atoms with van der Waals surface area (Å²) in [6.45, 7) is 11.7. The Hall–Kier alpha value is -5.90. The molecule has 0 radical (unpaired) electrons. The molecule has 0 spiro atoms. The summed E-state index contributed by atoms with van der Waals surface area (Å²) in [5.74, 6) is 0.578. The van der Waals surface area contributed by atoms with Gasteiger partial charge in [-0.1, -0.05) is 230 Å². The van der Waals surface area contributed by atoms with Crippen LogP contribution in [0.15, 0.2) is 194 Å². The maximum Gasteiger partial charge on any atom is 0.334 e. The molecule has 72 heavy (non-hydrogen) atoms. The molecule has 7 N–H and O–H groups in total. The van der Waals surface area contributed by atoms with E-state index in [-0.39, 0.29) is 5.41 Å².